The second kappa shape index (κ2) is 9.16. The molecule has 0 spiro atoms. The van der Waals surface area contributed by atoms with Gasteiger partial charge in [-0.2, -0.15) is 0 Å². The lowest BCUT2D eigenvalue weighted by atomic mass is 9.92. The second-order valence-electron chi connectivity index (χ2n) is 9.35. The third-order valence-electron chi connectivity index (χ3n) is 6.53. The lowest BCUT2D eigenvalue weighted by Crippen LogP contribution is -2.31. The number of benzene rings is 3. The van der Waals surface area contributed by atoms with E-state index in [0.29, 0.717) is 17.0 Å². The van der Waals surface area contributed by atoms with Crippen LogP contribution in [0.2, 0.25) is 5.02 Å². The molecule has 0 aromatic heterocycles. The van der Waals surface area contributed by atoms with Gasteiger partial charge in [-0.15, -0.1) is 0 Å². The van der Waals surface area contributed by atoms with E-state index in [9.17, 15) is 9.90 Å². The van der Waals surface area contributed by atoms with Gasteiger partial charge in [0.05, 0.1) is 17.8 Å². The summed E-state index contributed by atoms with van der Waals surface area (Å²) in [5, 5.41) is 11.3. The molecule has 6 heteroatoms. The van der Waals surface area contributed by atoms with E-state index in [2.05, 4.69) is 0 Å². The van der Waals surface area contributed by atoms with Crippen LogP contribution in [0.3, 0.4) is 0 Å². The normalized spacial score (nSPS) is 26.1. The molecule has 1 aliphatic heterocycles. The molecule has 1 aliphatic carbocycles. The van der Waals surface area contributed by atoms with Crippen LogP contribution in [0, 0.1) is 5.92 Å². The second-order valence-corrected chi connectivity index (χ2v) is 9.79. The van der Waals surface area contributed by atoms with Crippen molar-refractivity contribution in [2.24, 2.45) is 5.92 Å². The Morgan fingerprint density at radius 2 is 1.56 bits per heavy atom. The zero-order valence-corrected chi connectivity index (χ0v) is 19.8. The SMILES string of the molecule is CC1(C)O[C@@H]2[C@H](O1)[C@@H](C(OC(=O)c1ccc(-c3ccccc3)cc1)c1ccc(Cl)cc1)C[C@@H]2O. The van der Waals surface area contributed by atoms with E-state index in [0.717, 1.165) is 16.7 Å². The lowest BCUT2D eigenvalue weighted by molar-refractivity contribution is -0.171. The van der Waals surface area contributed by atoms with Gasteiger partial charge in [-0.1, -0.05) is 66.2 Å². The van der Waals surface area contributed by atoms with Crippen LogP contribution in [0.1, 0.15) is 42.3 Å². The Morgan fingerprint density at radius 1 is 0.941 bits per heavy atom. The standard InChI is InChI=1S/C28H27ClO5/c1-28(2)33-25-22(16-23(30)26(25)34-28)24(19-12-14-21(29)15-13-19)32-27(31)20-10-8-18(9-11-20)17-6-4-3-5-7-17/h3-15,22-26,30H,16H2,1-2H3/t22-,23+,24?,25-,26+/m1/s1. The number of hydrogen-bond acceptors (Lipinski definition) is 5. The van der Waals surface area contributed by atoms with Gasteiger partial charge in [-0.05, 0) is 61.2 Å². The molecule has 34 heavy (non-hydrogen) atoms. The van der Waals surface area contributed by atoms with E-state index in [1.807, 2.05) is 68.4 Å². The van der Waals surface area contributed by atoms with E-state index < -0.39 is 30.1 Å². The third kappa shape index (κ3) is 4.62. The first-order valence-corrected chi connectivity index (χ1v) is 11.8. The Hall–Kier alpha value is -2.70. The number of carbonyl (C=O) groups excluding carboxylic acids is 1. The topological polar surface area (TPSA) is 65.0 Å². The van der Waals surface area contributed by atoms with Crippen molar-refractivity contribution >= 4 is 17.6 Å². The number of ether oxygens (including phenoxy) is 3. The summed E-state index contributed by atoms with van der Waals surface area (Å²) in [4.78, 5) is 13.2. The Morgan fingerprint density at radius 3 is 2.24 bits per heavy atom. The van der Waals surface area contributed by atoms with Crippen LogP contribution < -0.4 is 0 Å². The number of rotatable bonds is 5. The van der Waals surface area contributed by atoms with E-state index in [-0.39, 0.29) is 12.0 Å². The molecule has 2 fully saturated rings. The van der Waals surface area contributed by atoms with E-state index in [4.69, 9.17) is 25.8 Å². The van der Waals surface area contributed by atoms with Gasteiger partial charge in [-0.3, -0.25) is 0 Å². The predicted molar refractivity (Wildman–Crippen MR) is 129 cm³/mol. The van der Waals surface area contributed by atoms with Crippen LogP contribution in [0.15, 0.2) is 78.9 Å². The van der Waals surface area contributed by atoms with E-state index in [1.165, 1.54) is 0 Å². The van der Waals surface area contributed by atoms with Crippen LogP contribution in [-0.2, 0) is 14.2 Å². The molecule has 3 aromatic rings. The number of hydrogen-bond donors (Lipinski definition) is 1. The molecule has 1 saturated heterocycles. The lowest BCUT2D eigenvalue weighted by Gasteiger charge is -2.29. The Labute approximate surface area is 204 Å². The molecule has 0 bridgehead atoms. The fourth-order valence-corrected chi connectivity index (χ4v) is 5.08. The molecule has 2 aliphatic rings. The summed E-state index contributed by atoms with van der Waals surface area (Å²) in [6.07, 6.45) is -1.77. The highest BCUT2D eigenvalue weighted by atomic mass is 35.5. The van der Waals surface area contributed by atoms with Crippen LogP contribution in [0.5, 0.6) is 0 Å². The molecule has 1 N–H and O–H groups in total. The average molecular weight is 479 g/mol. The number of aliphatic hydroxyl groups excluding tert-OH is 1. The van der Waals surface area contributed by atoms with Crippen LogP contribution in [0.25, 0.3) is 11.1 Å². The van der Waals surface area contributed by atoms with Gasteiger partial charge >= 0.3 is 5.97 Å². The number of carbonyl (C=O) groups is 1. The summed E-state index contributed by atoms with van der Waals surface area (Å²) in [6, 6.07) is 24.6. The maximum atomic E-state index is 13.2. The first kappa shape index (κ1) is 23.1. The van der Waals surface area contributed by atoms with Crippen molar-refractivity contribution in [1.82, 2.24) is 0 Å². The first-order chi connectivity index (χ1) is 16.3. The van der Waals surface area contributed by atoms with Crippen LogP contribution in [-0.4, -0.2) is 35.2 Å². The van der Waals surface area contributed by atoms with Crippen molar-refractivity contribution in [3.05, 3.63) is 95.0 Å². The minimum Gasteiger partial charge on any atom is -0.453 e. The summed E-state index contributed by atoms with van der Waals surface area (Å²) < 4.78 is 18.2. The molecule has 1 unspecified atom stereocenters. The molecule has 176 valence electrons. The van der Waals surface area contributed by atoms with Gasteiger partial charge in [0.25, 0.3) is 0 Å². The number of fused-ring (bicyclic) bond motifs is 1. The van der Waals surface area contributed by atoms with Crippen LogP contribution in [0.4, 0.5) is 0 Å². The van der Waals surface area contributed by atoms with Gasteiger partial charge in [0.2, 0.25) is 0 Å². The maximum absolute atomic E-state index is 13.2. The van der Waals surface area contributed by atoms with Gasteiger partial charge in [0.1, 0.15) is 12.2 Å². The smallest absolute Gasteiger partial charge is 0.338 e. The fourth-order valence-electron chi connectivity index (χ4n) is 4.96. The average Bonchev–Trinajstić information content (AvgIpc) is 3.31. The van der Waals surface area contributed by atoms with Gasteiger partial charge in [0, 0.05) is 10.9 Å². The van der Waals surface area contributed by atoms with Crippen molar-refractivity contribution in [3.8, 4) is 11.1 Å². The largest absolute Gasteiger partial charge is 0.453 e. The van der Waals surface area contributed by atoms with Crippen LogP contribution >= 0.6 is 11.6 Å². The van der Waals surface area contributed by atoms with Gasteiger partial charge < -0.3 is 19.3 Å². The number of aliphatic hydroxyl groups is 1. The third-order valence-corrected chi connectivity index (χ3v) is 6.78. The molecule has 3 aromatic carbocycles. The summed E-state index contributed by atoms with van der Waals surface area (Å²) in [5.41, 5.74) is 3.35. The molecule has 5 nitrogen and oxygen atoms in total. The van der Waals surface area contributed by atoms with Crippen molar-refractivity contribution in [2.75, 3.05) is 0 Å². The monoisotopic (exact) mass is 478 g/mol. The van der Waals surface area contributed by atoms with E-state index >= 15 is 0 Å². The highest BCUT2D eigenvalue weighted by molar-refractivity contribution is 6.30. The highest BCUT2D eigenvalue weighted by Gasteiger charge is 2.56. The molecule has 0 radical (unpaired) electrons. The summed E-state index contributed by atoms with van der Waals surface area (Å²) in [6.45, 7) is 3.65. The van der Waals surface area contributed by atoms with Crippen molar-refractivity contribution in [3.63, 3.8) is 0 Å². The Bertz CT molecular complexity index is 1140. The first-order valence-electron chi connectivity index (χ1n) is 11.5. The summed E-state index contributed by atoms with van der Waals surface area (Å²) in [5.74, 6) is -1.51. The molecular formula is C28H27ClO5. The maximum Gasteiger partial charge on any atom is 0.338 e. The molecule has 5 atom stereocenters. The quantitative estimate of drug-likeness (QED) is 0.469. The van der Waals surface area contributed by atoms with Gasteiger partial charge in [-0.25, -0.2) is 4.79 Å². The minimum atomic E-state index is -0.809. The van der Waals surface area contributed by atoms with Crippen molar-refractivity contribution < 1.29 is 24.1 Å². The predicted octanol–water partition coefficient (Wildman–Crippen LogP) is 5.81. The summed E-state index contributed by atoms with van der Waals surface area (Å²) in [7, 11) is 0. The Balaban J connectivity index is 1.41. The van der Waals surface area contributed by atoms with E-state index in [1.54, 1.807) is 24.3 Å². The zero-order valence-electron chi connectivity index (χ0n) is 19.1. The molecule has 0 amide bonds. The fraction of sp³-hybridized carbons (Fsp3) is 0.321. The number of halogens is 1. The molecule has 5 rings (SSSR count). The zero-order chi connectivity index (χ0) is 23.9. The van der Waals surface area contributed by atoms with Crippen molar-refractivity contribution in [2.45, 2.75) is 50.5 Å². The summed E-state index contributed by atoms with van der Waals surface area (Å²) >= 11 is 6.10. The molecule has 1 heterocycles. The minimum absolute atomic E-state index is 0.268. The number of esters is 1. The van der Waals surface area contributed by atoms with Gasteiger partial charge in [0.15, 0.2) is 5.79 Å². The molecule has 1 saturated carbocycles. The molecular weight excluding hydrogens is 452 g/mol. The Kier molecular flexibility index (Phi) is 6.21. The highest BCUT2D eigenvalue weighted by Crippen LogP contribution is 2.47. The van der Waals surface area contributed by atoms with Crippen molar-refractivity contribution in [1.29, 1.82) is 0 Å².